The van der Waals surface area contributed by atoms with Gasteiger partial charge in [-0.1, -0.05) is 13.8 Å². The lowest BCUT2D eigenvalue weighted by Crippen LogP contribution is -2.55. The van der Waals surface area contributed by atoms with Gasteiger partial charge in [0.15, 0.2) is 0 Å². The van der Waals surface area contributed by atoms with Gasteiger partial charge >= 0.3 is 0 Å². The lowest BCUT2D eigenvalue weighted by molar-refractivity contribution is -0.147. The molecule has 0 bridgehead atoms. The molecule has 0 fully saturated rings. The van der Waals surface area contributed by atoms with Crippen LogP contribution in [0, 0.1) is 5.41 Å². The molecule has 4 heteroatoms. The first-order valence-electron chi connectivity index (χ1n) is 5.90. The molecule has 0 aliphatic carbocycles. The summed E-state index contributed by atoms with van der Waals surface area (Å²) >= 11 is 0. The van der Waals surface area contributed by atoms with Crippen LogP contribution in [0.3, 0.4) is 0 Å². The summed E-state index contributed by atoms with van der Waals surface area (Å²) in [5, 5.41) is 9.27. The summed E-state index contributed by atoms with van der Waals surface area (Å²) in [5.41, 5.74) is 4.72. The zero-order chi connectivity index (χ0) is 13.0. The molecule has 0 saturated carbocycles. The summed E-state index contributed by atoms with van der Waals surface area (Å²) < 4.78 is 0. The Morgan fingerprint density at radius 1 is 1.31 bits per heavy atom. The van der Waals surface area contributed by atoms with Gasteiger partial charge in [-0.3, -0.25) is 4.79 Å². The highest BCUT2D eigenvalue weighted by Crippen LogP contribution is 2.29. The highest BCUT2D eigenvalue weighted by Gasteiger charge is 2.39. The normalized spacial score (nSPS) is 12.7. The number of carbonyl (C=O) groups is 1. The van der Waals surface area contributed by atoms with Gasteiger partial charge < -0.3 is 15.7 Å². The topological polar surface area (TPSA) is 66.6 Å². The molecule has 16 heavy (non-hydrogen) atoms. The summed E-state index contributed by atoms with van der Waals surface area (Å²) in [6.45, 7) is 7.95. The largest absolute Gasteiger partial charge is 0.394 e. The molecule has 0 aromatic heterocycles. The molecule has 0 rings (SSSR count). The predicted octanol–water partition coefficient (Wildman–Crippen LogP) is 0.981. The number of carbonyl (C=O) groups excluding carboxylic acids is 1. The van der Waals surface area contributed by atoms with Crippen molar-refractivity contribution in [3.05, 3.63) is 0 Å². The second kappa shape index (κ2) is 5.64. The number of aliphatic hydroxyl groups excluding tert-OH is 1. The zero-order valence-electron chi connectivity index (χ0n) is 11.2. The summed E-state index contributed by atoms with van der Waals surface area (Å²) in [6.07, 6.45) is 1.45. The van der Waals surface area contributed by atoms with Crippen LogP contribution in [0.25, 0.3) is 0 Å². The number of aliphatic hydroxyl groups is 1. The molecule has 3 N–H and O–H groups in total. The molecule has 0 heterocycles. The molecule has 0 radical (unpaired) electrons. The minimum atomic E-state index is -0.540. The lowest BCUT2D eigenvalue weighted by atomic mass is 9.80. The summed E-state index contributed by atoms with van der Waals surface area (Å²) in [5.74, 6) is 0.0269. The van der Waals surface area contributed by atoms with Gasteiger partial charge in [0.2, 0.25) is 5.91 Å². The third kappa shape index (κ3) is 2.74. The Morgan fingerprint density at radius 3 is 2.00 bits per heavy atom. The predicted molar refractivity (Wildman–Crippen MR) is 66.0 cm³/mol. The summed E-state index contributed by atoms with van der Waals surface area (Å²) in [7, 11) is 1.73. The van der Waals surface area contributed by atoms with E-state index in [2.05, 4.69) is 0 Å². The van der Waals surface area contributed by atoms with E-state index in [1.807, 2.05) is 27.7 Å². The Labute approximate surface area is 98.8 Å². The maximum Gasteiger partial charge on any atom is 0.230 e. The highest BCUT2D eigenvalue weighted by atomic mass is 16.3. The Hall–Kier alpha value is -0.610. The Balaban J connectivity index is 5.03. The van der Waals surface area contributed by atoms with Crippen LogP contribution < -0.4 is 5.73 Å². The molecular formula is C12H26N2O2. The Bertz CT molecular complexity index is 227. The number of nitrogens with two attached hydrogens (primary N) is 1. The molecule has 0 aromatic carbocycles. The first-order valence-corrected chi connectivity index (χ1v) is 5.90. The monoisotopic (exact) mass is 230 g/mol. The fraction of sp³-hybridized carbons (Fsp3) is 0.917. The van der Waals surface area contributed by atoms with Gasteiger partial charge in [0, 0.05) is 13.6 Å². The van der Waals surface area contributed by atoms with Crippen LogP contribution in [0.1, 0.15) is 40.5 Å². The zero-order valence-corrected chi connectivity index (χ0v) is 11.2. The highest BCUT2D eigenvalue weighted by molar-refractivity contribution is 5.83. The molecular weight excluding hydrogens is 204 g/mol. The van der Waals surface area contributed by atoms with Crippen LogP contribution in [0.4, 0.5) is 0 Å². The molecule has 0 atom stereocenters. The van der Waals surface area contributed by atoms with E-state index >= 15 is 0 Å². The van der Waals surface area contributed by atoms with E-state index in [0.717, 1.165) is 12.8 Å². The number of hydrogen-bond acceptors (Lipinski definition) is 3. The van der Waals surface area contributed by atoms with Crippen LogP contribution in [0.5, 0.6) is 0 Å². The van der Waals surface area contributed by atoms with Gasteiger partial charge in [0.25, 0.3) is 0 Å². The van der Waals surface area contributed by atoms with E-state index in [4.69, 9.17) is 5.73 Å². The number of rotatable bonds is 6. The van der Waals surface area contributed by atoms with Crippen molar-refractivity contribution in [3.63, 3.8) is 0 Å². The smallest absolute Gasteiger partial charge is 0.230 e. The average molecular weight is 230 g/mol. The molecule has 0 aromatic rings. The number of amides is 1. The molecule has 1 amide bonds. The Morgan fingerprint density at radius 2 is 1.75 bits per heavy atom. The number of hydrogen-bond donors (Lipinski definition) is 2. The second-order valence-electron chi connectivity index (χ2n) is 5.03. The minimum absolute atomic E-state index is 0.0269. The first kappa shape index (κ1) is 15.4. The van der Waals surface area contributed by atoms with Crippen molar-refractivity contribution in [2.45, 2.75) is 46.1 Å². The van der Waals surface area contributed by atoms with Crippen molar-refractivity contribution in [3.8, 4) is 0 Å². The quantitative estimate of drug-likeness (QED) is 0.715. The fourth-order valence-electron chi connectivity index (χ4n) is 1.67. The van der Waals surface area contributed by atoms with Gasteiger partial charge in [-0.2, -0.15) is 0 Å². The third-order valence-corrected chi connectivity index (χ3v) is 3.80. The Kier molecular flexibility index (Phi) is 5.42. The maximum absolute atomic E-state index is 12.4. The number of nitrogens with zero attached hydrogens (tertiary/aromatic N) is 1. The standard InChI is InChI=1S/C12H26N2O2/c1-6-12(7-2,8-13)10(16)14(5)11(3,4)9-15/h15H,6-9,13H2,1-5H3. The van der Waals surface area contributed by atoms with Crippen LogP contribution >= 0.6 is 0 Å². The molecule has 0 saturated heterocycles. The summed E-state index contributed by atoms with van der Waals surface area (Å²) in [6, 6.07) is 0. The van der Waals surface area contributed by atoms with Crippen LogP contribution in [0.15, 0.2) is 0 Å². The van der Waals surface area contributed by atoms with Crippen molar-refractivity contribution >= 4 is 5.91 Å². The maximum atomic E-state index is 12.4. The lowest BCUT2D eigenvalue weighted by Gasteiger charge is -2.41. The van der Waals surface area contributed by atoms with E-state index < -0.39 is 11.0 Å². The van der Waals surface area contributed by atoms with Gasteiger partial charge in [-0.05, 0) is 26.7 Å². The molecule has 96 valence electrons. The first-order chi connectivity index (χ1) is 7.31. The van der Waals surface area contributed by atoms with Crippen LogP contribution in [-0.2, 0) is 4.79 Å². The molecule has 0 spiro atoms. The van der Waals surface area contributed by atoms with Crippen molar-refractivity contribution in [2.75, 3.05) is 20.2 Å². The SMILES string of the molecule is CCC(CC)(CN)C(=O)N(C)C(C)(C)CO. The summed E-state index contributed by atoms with van der Waals surface area (Å²) in [4.78, 5) is 14.0. The fourth-order valence-corrected chi connectivity index (χ4v) is 1.67. The van der Waals surface area contributed by atoms with E-state index in [9.17, 15) is 9.90 Å². The number of likely N-dealkylation sites (N-methyl/N-ethyl adjacent to an activating group) is 1. The van der Waals surface area contributed by atoms with Crippen molar-refractivity contribution in [1.29, 1.82) is 0 Å². The van der Waals surface area contributed by atoms with Gasteiger partial charge in [0.1, 0.15) is 0 Å². The minimum Gasteiger partial charge on any atom is -0.394 e. The van der Waals surface area contributed by atoms with Crippen molar-refractivity contribution < 1.29 is 9.90 Å². The van der Waals surface area contributed by atoms with Crippen molar-refractivity contribution in [2.24, 2.45) is 11.1 Å². The molecule has 0 aliphatic rings. The second-order valence-corrected chi connectivity index (χ2v) is 5.03. The molecule has 0 unspecified atom stereocenters. The van der Waals surface area contributed by atoms with Crippen LogP contribution in [0.2, 0.25) is 0 Å². The van der Waals surface area contributed by atoms with E-state index in [1.54, 1.807) is 11.9 Å². The third-order valence-electron chi connectivity index (χ3n) is 3.80. The van der Waals surface area contributed by atoms with E-state index in [0.29, 0.717) is 6.54 Å². The van der Waals surface area contributed by atoms with Gasteiger partial charge in [-0.25, -0.2) is 0 Å². The van der Waals surface area contributed by atoms with E-state index in [1.165, 1.54) is 0 Å². The average Bonchev–Trinajstić information content (AvgIpc) is 2.30. The van der Waals surface area contributed by atoms with Crippen LogP contribution in [-0.4, -0.2) is 41.7 Å². The van der Waals surface area contributed by atoms with E-state index in [-0.39, 0.29) is 12.5 Å². The molecule has 4 nitrogen and oxygen atoms in total. The molecule has 0 aliphatic heterocycles. The van der Waals surface area contributed by atoms with Gasteiger partial charge in [0.05, 0.1) is 17.6 Å². The van der Waals surface area contributed by atoms with Crippen molar-refractivity contribution in [1.82, 2.24) is 4.90 Å². The van der Waals surface area contributed by atoms with Gasteiger partial charge in [-0.15, -0.1) is 0 Å².